The fourth-order valence-electron chi connectivity index (χ4n) is 2.41. The van der Waals surface area contributed by atoms with Gasteiger partial charge >= 0.3 is 0 Å². The number of carbonyl (C=O) groups excluding carboxylic acids is 1. The van der Waals surface area contributed by atoms with Gasteiger partial charge in [0, 0.05) is 11.3 Å². The monoisotopic (exact) mass is 356 g/mol. The van der Waals surface area contributed by atoms with Crippen molar-refractivity contribution in [2.24, 2.45) is 0 Å². The summed E-state index contributed by atoms with van der Waals surface area (Å²) in [5.41, 5.74) is 1.02. The molecule has 0 saturated heterocycles. The minimum absolute atomic E-state index is 0.0107. The molecule has 0 saturated carbocycles. The maximum atomic E-state index is 12.3. The topological polar surface area (TPSA) is 84.5 Å². The van der Waals surface area contributed by atoms with Gasteiger partial charge in [-0.2, -0.15) is 0 Å². The molecule has 3 aromatic rings. The van der Waals surface area contributed by atoms with E-state index in [4.69, 9.17) is 0 Å². The van der Waals surface area contributed by atoms with Crippen LogP contribution in [0.1, 0.15) is 10.4 Å². The highest BCUT2D eigenvalue weighted by Crippen LogP contribution is 2.19. The molecule has 6 nitrogen and oxygen atoms in total. The molecule has 0 unspecified atom stereocenters. The number of carbonyl (C=O) groups is 1. The molecular formula is C18H16N2O4S. The highest BCUT2D eigenvalue weighted by Gasteiger charge is 2.14. The molecule has 0 fully saturated rings. The molecule has 0 atom stereocenters. The van der Waals surface area contributed by atoms with Crippen LogP contribution in [0.5, 0.6) is 0 Å². The lowest BCUT2D eigenvalue weighted by molar-refractivity contribution is 0.102. The molecule has 25 heavy (non-hydrogen) atoms. The number of anilines is 1. The molecule has 3 aromatic carbocycles. The minimum Gasteiger partial charge on any atom is -0.322 e. The maximum Gasteiger partial charge on any atom is 0.262 e. The normalized spacial score (nSPS) is 11.4. The SMILES string of the molecule is CONS(=O)(=O)c1ccc(C(=O)Nc2ccc3ccccc3c2)cc1. The van der Waals surface area contributed by atoms with Crippen LogP contribution in [0.15, 0.2) is 71.6 Å². The van der Waals surface area contributed by atoms with Gasteiger partial charge in [-0.15, -0.1) is 0 Å². The van der Waals surface area contributed by atoms with Gasteiger partial charge in [0.2, 0.25) is 0 Å². The second-order valence-corrected chi connectivity index (χ2v) is 6.98. The summed E-state index contributed by atoms with van der Waals surface area (Å²) >= 11 is 0. The van der Waals surface area contributed by atoms with Crippen molar-refractivity contribution in [3.8, 4) is 0 Å². The molecule has 0 aliphatic carbocycles. The lowest BCUT2D eigenvalue weighted by atomic mass is 10.1. The first-order valence-electron chi connectivity index (χ1n) is 7.44. The Hall–Kier alpha value is -2.74. The van der Waals surface area contributed by atoms with E-state index in [1.807, 2.05) is 47.3 Å². The molecule has 3 rings (SSSR count). The minimum atomic E-state index is -3.74. The van der Waals surface area contributed by atoms with Gasteiger partial charge in [0.05, 0.1) is 12.0 Å². The zero-order valence-corrected chi connectivity index (χ0v) is 14.2. The zero-order valence-electron chi connectivity index (χ0n) is 13.4. The second kappa shape index (κ2) is 7.02. The molecule has 1 amide bonds. The van der Waals surface area contributed by atoms with Crippen LogP contribution in [0, 0.1) is 0 Å². The standard InChI is InChI=1S/C18H16N2O4S/c1-24-20-25(22,23)17-10-7-14(8-11-17)18(21)19-16-9-6-13-4-2-3-5-15(13)12-16/h2-12,20H,1H3,(H,19,21). The van der Waals surface area contributed by atoms with E-state index >= 15 is 0 Å². The molecular weight excluding hydrogens is 340 g/mol. The summed E-state index contributed by atoms with van der Waals surface area (Å²) in [6.45, 7) is 0. The van der Waals surface area contributed by atoms with Crippen molar-refractivity contribution in [1.29, 1.82) is 0 Å². The Morgan fingerprint density at radius 3 is 2.28 bits per heavy atom. The van der Waals surface area contributed by atoms with Crippen LogP contribution < -0.4 is 10.2 Å². The Morgan fingerprint density at radius 2 is 1.60 bits per heavy atom. The molecule has 0 heterocycles. The van der Waals surface area contributed by atoms with Crippen molar-refractivity contribution in [2.75, 3.05) is 12.4 Å². The van der Waals surface area contributed by atoms with E-state index in [1.165, 1.54) is 31.4 Å². The number of benzene rings is 3. The molecule has 0 aromatic heterocycles. The van der Waals surface area contributed by atoms with E-state index in [-0.39, 0.29) is 10.8 Å². The molecule has 128 valence electrons. The van der Waals surface area contributed by atoms with Crippen LogP contribution in [0.25, 0.3) is 10.8 Å². The van der Waals surface area contributed by atoms with Crippen LogP contribution in [-0.4, -0.2) is 21.4 Å². The Labute approximate surface area is 145 Å². The Kier molecular flexibility index (Phi) is 4.80. The van der Waals surface area contributed by atoms with E-state index < -0.39 is 10.0 Å². The molecule has 2 N–H and O–H groups in total. The third kappa shape index (κ3) is 3.85. The fraction of sp³-hybridized carbons (Fsp3) is 0.0556. The van der Waals surface area contributed by atoms with Gasteiger partial charge in [-0.05, 0) is 47.2 Å². The number of sulfonamides is 1. The summed E-state index contributed by atoms with van der Waals surface area (Å²) in [7, 11) is -2.53. The highest BCUT2D eigenvalue weighted by molar-refractivity contribution is 7.89. The summed E-state index contributed by atoms with van der Waals surface area (Å²) in [4.78, 5) is 18.7. The van der Waals surface area contributed by atoms with Crippen LogP contribution in [0.2, 0.25) is 0 Å². The van der Waals surface area contributed by atoms with Crippen molar-refractivity contribution < 1.29 is 18.0 Å². The number of hydrogen-bond acceptors (Lipinski definition) is 4. The summed E-state index contributed by atoms with van der Waals surface area (Å²) in [6, 6.07) is 19.1. The predicted octanol–water partition coefficient (Wildman–Crippen LogP) is 2.93. The summed E-state index contributed by atoms with van der Waals surface area (Å²) in [5, 5.41) is 4.91. The van der Waals surface area contributed by atoms with Gasteiger partial charge in [-0.3, -0.25) is 9.63 Å². The number of amides is 1. The second-order valence-electron chi connectivity index (χ2n) is 5.33. The van der Waals surface area contributed by atoms with Crippen LogP contribution >= 0.6 is 0 Å². The van der Waals surface area contributed by atoms with Gasteiger partial charge in [0.1, 0.15) is 0 Å². The van der Waals surface area contributed by atoms with Gasteiger partial charge in [0.15, 0.2) is 0 Å². The third-order valence-electron chi connectivity index (χ3n) is 3.63. The quantitative estimate of drug-likeness (QED) is 0.689. The first-order valence-corrected chi connectivity index (χ1v) is 8.93. The lowest BCUT2D eigenvalue weighted by Gasteiger charge is -2.08. The zero-order chi connectivity index (χ0) is 17.9. The molecule has 0 aliphatic rings. The maximum absolute atomic E-state index is 12.3. The summed E-state index contributed by atoms with van der Waals surface area (Å²) in [6.07, 6.45) is 0. The number of hydrogen-bond donors (Lipinski definition) is 2. The fourth-order valence-corrected chi connectivity index (χ4v) is 3.22. The number of nitrogens with one attached hydrogen (secondary N) is 2. The lowest BCUT2D eigenvalue weighted by Crippen LogP contribution is -2.22. The van der Waals surface area contributed by atoms with Crippen molar-refractivity contribution in [2.45, 2.75) is 4.90 Å². The van der Waals surface area contributed by atoms with Crippen LogP contribution in [0.4, 0.5) is 5.69 Å². The molecule has 7 heteroatoms. The van der Waals surface area contributed by atoms with Crippen molar-refractivity contribution in [3.05, 3.63) is 72.3 Å². The van der Waals surface area contributed by atoms with E-state index in [9.17, 15) is 13.2 Å². The van der Waals surface area contributed by atoms with Crippen molar-refractivity contribution in [1.82, 2.24) is 4.89 Å². The van der Waals surface area contributed by atoms with E-state index in [0.717, 1.165) is 10.8 Å². The average molecular weight is 356 g/mol. The van der Waals surface area contributed by atoms with E-state index in [0.29, 0.717) is 11.3 Å². The molecule has 0 spiro atoms. The van der Waals surface area contributed by atoms with Crippen molar-refractivity contribution >= 4 is 32.4 Å². The molecule has 0 aliphatic heterocycles. The van der Waals surface area contributed by atoms with Gasteiger partial charge in [-0.25, -0.2) is 8.42 Å². The number of fused-ring (bicyclic) bond motifs is 1. The highest BCUT2D eigenvalue weighted by atomic mass is 32.2. The Morgan fingerprint density at radius 1 is 0.920 bits per heavy atom. The Balaban J connectivity index is 1.78. The van der Waals surface area contributed by atoms with E-state index in [2.05, 4.69) is 10.2 Å². The predicted molar refractivity (Wildman–Crippen MR) is 95.7 cm³/mol. The largest absolute Gasteiger partial charge is 0.322 e. The smallest absolute Gasteiger partial charge is 0.262 e. The summed E-state index contributed by atoms with van der Waals surface area (Å²) < 4.78 is 23.6. The van der Waals surface area contributed by atoms with Gasteiger partial charge in [0.25, 0.3) is 15.9 Å². The average Bonchev–Trinajstić information content (AvgIpc) is 2.61. The van der Waals surface area contributed by atoms with E-state index in [1.54, 1.807) is 0 Å². The Bertz CT molecular complexity index is 1010. The molecule has 0 radical (unpaired) electrons. The number of rotatable bonds is 5. The third-order valence-corrected chi connectivity index (χ3v) is 4.91. The summed E-state index contributed by atoms with van der Waals surface area (Å²) in [5.74, 6) is -0.320. The van der Waals surface area contributed by atoms with Crippen LogP contribution in [0.3, 0.4) is 0 Å². The van der Waals surface area contributed by atoms with Crippen LogP contribution in [-0.2, 0) is 14.9 Å². The first-order chi connectivity index (χ1) is 12.0. The molecule has 0 bridgehead atoms. The van der Waals surface area contributed by atoms with Gasteiger partial charge in [-0.1, -0.05) is 35.2 Å². The first kappa shape index (κ1) is 17.1. The van der Waals surface area contributed by atoms with Crippen molar-refractivity contribution in [3.63, 3.8) is 0 Å². The van der Waals surface area contributed by atoms with Gasteiger partial charge < -0.3 is 5.32 Å².